The standard InChI is InChI=1S/C18H28N2O6/c1-10(8-12-6-4-3-5-7-12)20-17(23)11(2)25-16-14(19)18(24)26-13(9-21)15(16)22/h3-7,10-11,13-16,18,21-22,24H,8-9,19H2,1-2H3,(H,20,23)/t10-,11+,13+,14+,15+,16+,18?/m0/s1. The zero-order valence-corrected chi connectivity index (χ0v) is 15.0. The molecule has 26 heavy (non-hydrogen) atoms. The number of amides is 1. The molecule has 7 atom stereocenters. The molecule has 1 fully saturated rings. The minimum atomic E-state index is -1.40. The van der Waals surface area contributed by atoms with E-state index in [2.05, 4.69) is 5.32 Å². The zero-order chi connectivity index (χ0) is 19.3. The highest BCUT2D eigenvalue weighted by atomic mass is 16.6. The number of nitrogens with two attached hydrogens (primary N) is 1. The molecule has 0 bridgehead atoms. The van der Waals surface area contributed by atoms with Crippen LogP contribution < -0.4 is 11.1 Å². The molecular formula is C18H28N2O6. The lowest BCUT2D eigenvalue weighted by Crippen LogP contribution is -2.63. The van der Waals surface area contributed by atoms with Gasteiger partial charge in [0.15, 0.2) is 6.29 Å². The first-order valence-electron chi connectivity index (χ1n) is 8.71. The molecule has 8 heteroatoms. The summed E-state index contributed by atoms with van der Waals surface area (Å²) in [5.41, 5.74) is 6.91. The third-order valence-corrected chi connectivity index (χ3v) is 4.42. The number of rotatable bonds is 7. The topological polar surface area (TPSA) is 134 Å². The third kappa shape index (κ3) is 5.23. The Morgan fingerprint density at radius 3 is 2.58 bits per heavy atom. The summed E-state index contributed by atoms with van der Waals surface area (Å²) in [7, 11) is 0. The van der Waals surface area contributed by atoms with Crippen LogP contribution in [0.15, 0.2) is 30.3 Å². The van der Waals surface area contributed by atoms with Crippen LogP contribution in [0.3, 0.4) is 0 Å². The molecule has 1 amide bonds. The molecule has 1 saturated heterocycles. The van der Waals surface area contributed by atoms with E-state index in [1.165, 1.54) is 0 Å². The van der Waals surface area contributed by atoms with E-state index in [1.54, 1.807) is 6.92 Å². The number of aliphatic hydroxyl groups excluding tert-OH is 3. The van der Waals surface area contributed by atoms with Crippen molar-refractivity contribution in [2.45, 2.75) is 63.1 Å². The van der Waals surface area contributed by atoms with E-state index in [0.29, 0.717) is 6.42 Å². The maximum absolute atomic E-state index is 12.4. The van der Waals surface area contributed by atoms with Gasteiger partial charge in [0.1, 0.15) is 24.4 Å². The van der Waals surface area contributed by atoms with Crippen molar-refractivity contribution >= 4 is 5.91 Å². The molecule has 2 rings (SSSR count). The van der Waals surface area contributed by atoms with Gasteiger partial charge in [-0.05, 0) is 25.8 Å². The Kier molecular flexibility index (Phi) is 7.51. The van der Waals surface area contributed by atoms with Crippen molar-refractivity contribution in [1.82, 2.24) is 5.32 Å². The minimum Gasteiger partial charge on any atom is -0.394 e. The molecule has 1 aliphatic heterocycles. The Morgan fingerprint density at radius 2 is 1.96 bits per heavy atom. The molecule has 1 aromatic carbocycles. The van der Waals surface area contributed by atoms with Crippen molar-refractivity contribution in [1.29, 1.82) is 0 Å². The molecular weight excluding hydrogens is 340 g/mol. The van der Waals surface area contributed by atoms with Crippen LogP contribution in [0.5, 0.6) is 0 Å². The molecule has 8 nitrogen and oxygen atoms in total. The number of carbonyl (C=O) groups is 1. The van der Waals surface area contributed by atoms with Crippen molar-refractivity contribution in [3.8, 4) is 0 Å². The van der Waals surface area contributed by atoms with Gasteiger partial charge in [-0.25, -0.2) is 0 Å². The monoisotopic (exact) mass is 368 g/mol. The fourth-order valence-electron chi connectivity index (χ4n) is 2.95. The Morgan fingerprint density at radius 1 is 1.31 bits per heavy atom. The van der Waals surface area contributed by atoms with Crippen molar-refractivity contribution in [3.05, 3.63) is 35.9 Å². The zero-order valence-electron chi connectivity index (χ0n) is 15.0. The lowest BCUT2D eigenvalue weighted by Gasteiger charge is -2.41. The van der Waals surface area contributed by atoms with E-state index in [4.69, 9.17) is 15.2 Å². The molecule has 1 aliphatic rings. The van der Waals surface area contributed by atoms with Gasteiger partial charge in [0.25, 0.3) is 0 Å². The molecule has 1 aromatic rings. The van der Waals surface area contributed by atoms with E-state index >= 15 is 0 Å². The second-order valence-corrected chi connectivity index (χ2v) is 6.66. The summed E-state index contributed by atoms with van der Waals surface area (Å²) in [6, 6.07) is 8.62. The minimum absolute atomic E-state index is 0.111. The smallest absolute Gasteiger partial charge is 0.249 e. The molecule has 0 aliphatic carbocycles. The first kappa shape index (κ1) is 20.8. The summed E-state index contributed by atoms with van der Waals surface area (Å²) in [5.74, 6) is -0.352. The van der Waals surface area contributed by atoms with Gasteiger partial charge in [0.2, 0.25) is 5.91 Å². The number of hydrogen-bond donors (Lipinski definition) is 5. The van der Waals surface area contributed by atoms with Crippen LogP contribution in [0.2, 0.25) is 0 Å². The number of nitrogens with one attached hydrogen (secondary N) is 1. The highest BCUT2D eigenvalue weighted by molar-refractivity contribution is 5.80. The summed E-state index contributed by atoms with van der Waals surface area (Å²) in [4.78, 5) is 12.4. The second-order valence-electron chi connectivity index (χ2n) is 6.66. The Hall–Kier alpha value is -1.55. The molecule has 0 radical (unpaired) electrons. The summed E-state index contributed by atoms with van der Waals surface area (Å²) in [6.45, 7) is 2.93. The molecule has 6 N–H and O–H groups in total. The number of carbonyl (C=O) groups excluding carboxylic acids is 1. The fourth-order valence-corrected chi connectivity index (χ4v) is 2.95. The molecule has 0 aromatic heterocycles. The lowest BCUT2D eigenvalue weighted by atomic mass is 9.97. The van der Waals surface area contributed by atoms with Crippen molar-refractivity contribution in [2.75, 3.05) is 6.61 Å². The number of aliphatic hydroxyl groups is 3. The maximum atomic E-state index is 12.4. The van der Waals surface area contributed by atoms with Crippen LogP contribution in [-0.4, -0.2) is 70.6 Å². The molecule has 0 saturated carbocycles. The van der Waals surface area contributed by atoms with Gasteiger partial charge in [-0.15, -0.1) is 0 Å². The predicted molar refractivity (Wildman–Crippen MR) is 94.0 cm³/mol. The molecule has 1 unspecified atom stereocenters. The highest BCUT2D eigenvalue weighted by Crippen LogP contribution is 2.22. The van der Waals surface area contributed by atoms with Crippen molar-refractivity contribution in [3.63, 3.8) is 0 Å². The Labute approximate surface area is 152 Å². The summed E-state index contributed by atoms with van der Waals surface area (Å²) < 4.78 is 10.6. The van der Waals surface area contributed by atoms with Crippen molar-refractivity contribution < 1.29 is 29.6 Å². The van der Waals surface area contributed by atoms with Crippen LogP contribution in [0.1, 0.15) is 19.4 Å². The van der Waals surface area contributed by atoms with Gasteiger partial charge in [0.05, 0.1) is 12.6 Å². The van der Waals surface area contributed by atoms with Gasteiger partial charge in [0, 0.05) is 6.04 Å². The number of hydrogen-bond acceptors (Lipinski definition) is 7. The normalized spacial score (nSPS) is 31.2. The number of ether oxygens (including phenoxy) is 2. The van der Waals surface area contributed by atoms with Gasteiger partial charge in [-0.3, -0.25) is 4.79 Å². The highest BCUT2D eigenvalue weighted by Gasteiger charge is 2.44. The molecule has 1 heterocycles. The maximum Gasteiger partial charge on any atom is 0.249 e. The average molecular weight is 368 g/mol. The third-order valence-electron chi connectivity index (χ3n) is 4.42. The lowest BCUT2D eigenvalue weighted by molar-refractivity contribution is -0.261. The summed E-state index contributed by atoms with van der Waals surface area (Å²) in [6.07, 6.45) is -4.95. The van der Waals surface area contributed by atoms with Gasteiger partial charge < -0.3 is 35.8 Å². The largest absolute Gasteiger partial charge is 0.394 e. The first-order chi connectivity index (χ1) is 12.3. The van der Waals surface area contributed by atoms with Crippen LogP contribution >= 0.6 is 0 Å². The van der Waals surface area contributed by atoms with Gasteiger partial charge >= 0.3 is 0 Å². The molecule has 0 spiro atoms. The van der Waals surface area contributed by atoms with Crippen LogP contribution in [0, 0.1) is 0 Å². The number of benzene rings is 1. The van der Waals surface area contributed by atoms with Crippen LogP contribution in [0.4, 0.5) is 0 Å². The fraction of sp³-hybridized carbons (Fsp3) is 0.611. The van der Waals surface area contributed by atoms with Gasteiger partial charge in [-0.2, -0.15) is 0 Å². The molecule has 146 valence electrons. The Balaban J connectivity index is 1.90. The summed E-state index contributed by atoms with van der Waals surface area (Å²) >= 11 is 0. The van der Waals surface area contributed by atoms with Crippen LogP contribution in [0.25, 0.3) is 0 Å². The SMILES string of the molecule is C[C@@H](Cc1ccccc1)NC(=O)[C@@H](C)O[C@H]1[C@H](O)[C@@H](CO)OC(O)[C@@H]1N. The van der Waals surface area contributed by atoms with Crippen molar-refractivity contribution in [2.24, 2.45) is 5.73 Å². The quantitative estimate of drug-likeness (QED) is 0.413. The van der Waals surface area contributed by atoms with Gasteiger partial charge in [-0.1, -0.05) is 30.3 Å². The average Bonchev–Trinajstić information content (AvgIpc) is 2.62. The first-order valence-corrected chi connectivity index (χ1v) is 8.71. The van der Waals surface area contributed by atoms with E-state index < -0.39 is 43.4 Å². The predicted octanol–water partition coefficient (Wildman–Crippen LogP) is -1.09. The van der Waals surface area contributed by atoms with E-state index in [-0.39, 0.29) is 11.9 Å². The second kappa shape index (κ2) is 9.40. The summed E-state index contributed by atoms with van der Waals surface area (Å²) in [5, 5.41) is 32.0. The van der Waals surface area contributed by atoms with E-state index in [1.807, 2.05) is 37.3 Å². The van der Waals surface area contributed by atoms with E-state index in [0.717, 1.165) is 5.56 Å². The Bertz CT molecular complexity index is 572. The van der Waals surface area contributed by atoms with E-state index in [9.17, 15) is 20.1 Å². The van der Waals surface area contributed by atoms with Crippen LogP contribution in [-0.2, 0) is 20.7 Å².